The van der Waals surface area contributed by atoms with Crippen LogP contribution in [0.15, 0.2) is 24.3 Å². The van der Waals surface area contributed by atoms with Crippen molar-refractivity contribution in [3.63, 3.8) is 0 Å². The highest BCUT2D eigenvalue weighted by Gasteiger charge is 2.32. The van der Waals surface area contributed by atoms with Crippen LogP contribution in [-0.4, -0.2) is 29.9 Å². The van der Waals surface area contributed by atoms with Gasteiger partial charge in [0.15, 0.2) is 0 Å². The molecule has 1 aromatic rings. The van der Waals surface area contributed by atoms with Crippen molar-refractivity contribution < 1.29 is 9.18 Å². The van der Waals surface area contributed by atoms with Crippen molar-refractivity contribution >= 4 is 5.91 Å². The molecule has 4 nitrogen and oxygen atoms in total. The number of hydrogen-bond donors (Lipinski definition) is 2. The molecule has 1 aliphatic heterocycles. The van der Waals surface area contributed by atoms with Gasteiger partial charge in [0.1, 0.15) is 11.9 Å². The number of carbonyl (C=O) groups excluding carboxylic acids is 1. The Kier molecular flexibility index (Phi) is 5.31. The normalized spacial score (nSPS) is 23.0. The molecule has 0 aromatic heterocycles. The summed E-state index contributed by atoms with van der Waals surface area (Å²) in [4.78, 5) is 14.2. The number of hydrogen-bond acceptors (Lipinski definition) is 3. The van der Waals surface area contributed by atoms with Crippen LogP contribution in [0.2, 0.25) is 0 Å². The SMILES string of the molecule is CCCC1CC(C(=O)N(C)C(C)c2ccc(F)cc2)NN1. The maximum atomic E-state index is 13.0. The Morgan fingerprint density at radius 1 is 1.38 bits per heavy atom. The van der Waals surface area contributed by atoms with E-state index < -0.39 is 0 Å². The molecule has 1 heterocycles. The van der Waals surface area contributed by atoms with Gasteiger partial charge >= 0.3 is 0 Å². The Balaban J connectivity index is 1.97. The van der Waals surface area contributed by atoms with Crippen molar-refractivity contribution in [2.75, 3.05) is 7.05 Å². The molecule has 1 aliphatic rings. The Bertz CT molecular complexity index is 477. The molecule has 2 rings (SSSR count). The van der Waals surface area contributed by atoms with Gasteiger partial charge < -0.3 is 4.90 Å². The first-order valence-corrected chi connectivity index (χ1v) is 7.56. The summed E-state index contributed by atoms with van der Waals surface area (Å²) < 4.78 is 13.0. The number of amides is 1. The predicted molar refractivity (Wildman–Crippen MR) is 81.0 cm³/mol. The fourth-order valence-electron chi connectivity index (χ4n) is 2.72. The summed E-state index contributed by atoms with van der Waals surface area (Å²) in [5.74, 6) is -0.193. The zero-order chi connectivity index (χ0) is 15.4. The standard InChI is InChI=1S/C16H24FN3O/c1-4-5-14-10-15(19-18-14)16(21)20(3)11(2)12-6-8-13(17)9-7-12/h6-9,11,14-15,18-19H,4-5,10H2,1-3H3. The highest BCUT2D eigenvalue weighted by Crippen LogP contribution is 2.21. The van der Waals surface area contributed by atoms with Crippen LogP contribution >= 0.6 is 0 Å². The number of hydrazine groups is 1. The summed E-state index contributed by atoms with van der Waals surface area (Å²) in [5, 5.41) is 0. The summed E-state index contributed by atoms with van der Waals surface area (Å²) in [5.41, 5.74) is 7.20. The van der Waals surface area contributed by atoms with Gasteiger partial charge in [0.05, 0.1) is 6.04 Å². The lowest BCUT2D eigenvalue weighted by Crippen LogP contribution is -2.45. The number of halogens is 1. The first kappa shape index (κ1) is 15.9. The zero-order valence-corrected chi connectivity index (χ0v) is 12.9. The number of rotatable bonds is 5. The van der Waals surface area contributed by atoms with Crippen molar-refractivity contribution in [2.45, 2.75) is 51.2 Å². The second kappa shape index (κ2) is 7.00. The average molecular weight is 293 g/mol. The van der Waals surface area contributed by atoms with Crippen molar-refractivity contribution in [3.05, 3.63) is 35.6 Å². The van der Waals surface area contributed by atoms with Gasteiger partial charge in [-0.1, -0.05) is 25.5 Å². The molecular weight excluding hydrogens is 269 g/mol. The lowest BCUT2D eigenvalue weighted by Gasteiger charge is -2.27. The van der Waals surface area contributed by atoms with Gasteiger partial charge in [0.2, 0.25) is 5.91 Å². The molecule has 5 heteroatoms. The smallest absolute Gasteiger partial charge is 0.241 e. The highest BCUT2D eigenvalue weighted by molar-refractivity contribution is 5.82. The van der Waals surface area contributed by atoms with E-state index in [0.717, 1.165) is 24.8 Å². The highest BCUT2D eigenvalue weighted by atomic mass is 19.1. The Morgan fingerprint density at radius 3 is 2.67 bits per heavy atom. The average Bonchev–Trinajstić information content (AvgIpc) is 2.95. The first-order chi connectivity index (χ1) is 10.0. The third-order valence-electron chi connectivity index (χ3n) is 4.20. The lowest BCUT2D eigenvalue weighted by atomic mass is 10.0. The summed E-state index contributed by atoms with van der Waals surface area (Å²) in [6.07, 6.45) is 2.98. The number of carbonyl (C=O) groups is 1. The monoisotopic (exact) mass is 293 g/mol. The molecular formula is C16H24FN3O. The number of nitrogens with zero attached hydrogens (tertiary/aromatic N) is 1. The number of benzene rings is 1. The second-order valence-electron chi connectivity index (χ2n) is 5.74. The zero-order valence-electron chi connectivity index (χ0n) is 12.9. The topological polar surface area (TPSA) is 44.4 Å². The molecule has 0 saturated carbocycles. The molecule has 3 unspecified atom stereocenters. The Hall–Kier alpha value is -1.46. The van der Waals surface area contributed by atoms with Crippen LogP contribution in [0, 0.1) is 5.82 Å². The minimum absolute atomic E-state index is 0.0675. The second-order valence-corrected chi connectivity index (χ2v) is 5.74. The van der Waals surface area contributed by atoms with E-state index in [4.69, 9.17) is 0 Å². The number of nitrogens with one attached hydrogen (secondary N) is 2. The molecule has 0 spiro atoms. The largest absolute Gasteiger partial charge is 0.338 e. The van der Waals surface area contributed by atoms with Gasteiger partial charge in [-0.3, -0.25) is 10.2 Å². The molecule has 1 amide bonds. The molecule has 3 atom stereocenters. The van der Waals surface area contributed by atoms with Crippen molar-refractivity contribution in [1.82, 2.24) is 15.8 Å². The molecule has 116 valence electrons. The van der Waals surface area contributed by atoms with Gasteiger partial charge in [0, 0.05) is 13.1 Å². The van der Waals surface area contributed by atoms with Crippen molar-refractivity contribution in [1.29, 1.82) is 0 Å². The lowest BCUT2D eigenvalue weighted by molar-refractivity contribution is -0.133. The van der Waals surface area contributed by atoms with Gasteiger partial charge in [0.25, 0.3) is 0 Å². The maximum absolute atomic E-state index is 13.0. The van der Waals surface area contributed by atoms with Crippen LogP contribution in [0.1, 0.15) is 44.7 Å². The van der Waals surface area contributed by atoms with Crippen LogP contribution in [0.5, 0.6) is 0 Å². The van der Waals surface area contributed by atoms with Gasteiger partial charge in [-0.25, -0.2) is 9.82 Å². The van der Waals surface area contributed by atoms with Crippen LogP contribution in [-0.2, 0) is 4.79 Å². The van der Waals surface area contributed by atoms with Crippen LogP contribution in [0.3, 0.4) is 0 Å². The van der Waals surface area contributed by atoms with E-state index in [1.54, 1.807) is 24.1 Å². The molecule has 0 aliphatic carbocycles. The molecule has 21 heavy (non-hydrogen) atoms. The molecule has 1 fully saturated rings. The van der Waals surface area contributed by atoms with Crippen LogP contribution in [0.4, 0.5) is 4.39 Å². The van der Waals surface area contributed by atoms with E-state index in [1.807, 2.05) is 6.92 Å². The van der Waals surface area contributed by atoms with Crippen LogP contribution in [0.25, 0.3) is 0 Å². The summed E-state index contributed by atoms with van der Waals surface area (Å²) in [6.45, 7) is 4.09. The minimum Gasteiger partial charge on any atom is -0.338 e. The van der Waals surface area contributed by atoms with E-state index in [2.05, 4.69) is 17.8 Å². The summed E-state index contributed by atoms with van der Waals surface area (Å²) in [7, 11) is 1.80. The quantitative estimate of drug-likeness (QED) is 0.876. The maximum Gasteiger partial charge on any atom is 0.241 e. The third-order valence-corrected chi connectivity index (χ3v) is 4.20. The van der Waals surface area contributed by atoms with Crippen molar-refractivity contribution in [2.24, 2.45) is 0 Å². The van der Waals surface area contributed by atoms with E-state index >= 15 is 0 Å². The van der Waals surface area contributed by atoms with E-state index in [0.29, 0.717) is 6.04 Å². The fourth-order valence-corrected chi connectivity index (χ4v) is 2.72. The third kappa shape index (κ3) is 3.80. The van der Waals surface area contributed by atoms with Crippen LogP contribution < -0.4 is 10.9 Å². The molecule has 0 radical (unpaired) electrons. The first-order valence-electron chi connectivity index (χ1n) is 7.56. The van der Waals surface area contributed by atoms with Gasteiger partial charge in [-0.15, -0.1) is 0 Å². The van der Waals surface area contributed by atoms with Crippen molar-refractivity contribution in [3.8, 4) is 0 Å². The summed E-state index contributed by atoms with van der Waals surface area (Å²) in [6, 6.07) is 6.40. The van der Waals surface area contributed by atoms with Gasteiger partial charge in [-0.2, -0.15) is 0 Å². The minimum atomic E-state index is -0.260. The van der Waals surface area contributed by atoms with E-state index in [9.17, 15) is 9.18 Å². The summed E-state index contributed by atoms with van der Waals surface area (Å²) >= 11 is 0. The van der Waals surface area contributed by atoms with Gasteiger partial charge in [-0.05, 0) is 37.5 Å². The Morgan fingerprint density at radius 2 is 2.05 bits per heavy atom. The predicted octanol–water partition coefficient (Wildman–Crippen LogP) is 2.38. The molecule has 2 N–H and O–H groups in total. The molecule has 1 aromatic carbocycles. The molecule has 0 bridgehead atoms. The Labute approximate surface area is 125 Å². The van der Waals surface area contributed by atoms with E-state index in [1.165, 1.54) is 12.1 Å². The molecule has 1 saturated heterocycles. The fraction of sp³-hybridized carbons (Fsp3) is 0.562. The van der Waals surface area contributed by atoms with E-state index in [-0.39, 0.29) is 23.8 Å². The number of likely N-dealkylation sites (N-methyl/N-ethyl adjacent to an activating group) is 1.